The lowest BCUT2D eigenvalue weighted by atomic mass is 9.94. The summed E-state index contributed by atoms with van der Waals surface area (Å²) in [7, 11) is 0. The third-order valence-corrected chi connectivity index (χ3v) is 8.79. The normalized spacial score (nSPS) is 15.1. The summed E-state index contributed by atoms with van der Waals surface area (Å²) in [6.45, 7) is 0. The molecule has 0 saturated heterocycles. The topological polar surface area (TPSA) is 37.3 Å². The standard InChI is InChI=1S/C37H25N3S/c1-4-12-24(13-5-1)31-23-32(25-14-6-2-7-15-25)39-36(38-31)30-22-27-18-10-11-19-28(27)34-29(30)20-21-33-35(34)40-37(41-33)26-16-8-3-9-17-26/h1-23,36,38H. The highest BCUT2D eigenvalue weighted by atomic mass is 32.1. The maximum Gasteiger partial charge on any atom is 0.146 e. The average Bonchev–Trinajstić information content (AvgIpc) is 3.50. The van der Waals surface area contributed by atoms with E-state index in [1.807, 2.05) is 12.1 Å². The van der Waals surface area contributed by atoms with Crippen molar-refractivity contribution in [3.05, 3.63) is 156 Å². The molecule has 6 aromatic carbocycles. The monoisotopic (exact) mass is 543 g/mol. The van der Waals surface area contributed by atoms with E-state index in [-0.39, 0.29) is 6.17 Å². The van der Waals surface area contributed by atoms with Gasteiger partial charge in [0.25, 0.3) is 0 Å². The van der Waals surface area contributed by atoms with Crippen molar-refractivity contribution in [2.45, 2.75) is 6.17 Å². The Morgan fingerprint density at radius 2 is 1.27 bits per heavy atom. The maximum absolute atomic E-state index is 5.30. The van der Waals surface area contributed by atoms with Crippen LogP contribution in [-0.2, 0) is 0 Å². The first-order valence-corrected chi connectivity index (χ1v) is 14.6. The highest BCUT2D eigenvalue weighted by molar-refractivity contribution is 7.21. The lowest BCUT2D eigenvalue weighted by Crippen LogP contribution is -2.25. The van der Waals surface area contributed by atoms with E-state index in [0.29, 0.717) is 0 Å². The van der Waals surface area contributed by atoms with E-state index in [1.54, 1.807) is 11.3 Å². The van der Waals surface area contributed by atoms with Crippen LogP contribution in [0.15, 0.2) is 145 Å². The Morgan fingerprint density at radius 3 is 2.02 bits per heavy atom. The molecule has 1 aliphatic rings. The Balaban J connectivity index is 1.37. The molecule has 0 bridgehead atoms. The number of fused-ring (bicyclic) bond motifs is 5. The van der Waals surface area contributed by atoms with Crippen molar-refractivity contribution in [2.75, 3.05) is 0 Å². The van der Waals surface area contributed by atoms with Gasteiger partial charge in [0.05, 0.1) is 15.9 Å². The van der Waals surface area contributed by atoms with Gasteiger partial charge in [0.1, 0.15) is 11.2 Å². The van der Waals surface area contributed by atoms with E-state index in [0.717, 1.165) is 44.2 Å². The number of thiazole rings is 1. The van der Waals surface area contributed by atoms with Gasteiger partial charge in [0.2, 0.25) is 0 Å². The van der Waals surface area contributed by atoms with E-state index >= 15 is 0 Å². The molecular weight excluding hydrogens is 518 g/mol. The average molecular weight is 544 g/mol. The summed E-state index contributed by atoms with van der Waals surface area (Å²) in [6.07, 6.45) is 1.90. The Labute approximate surface area is 242 Å². The fourth-order valence-electron chi connectivity index (χ4n) is 5.77. The second kappa shape index (κ2) is 9.84. The summed E-state index contributed by atoms with van der Waals surface area (Å²) in [5, 5.41) is 9.57. The first-order valence-electron chi connectivity index (χ1n) is 13.8. The van der Waals surface area contributed by atoms with Gasteiger partial charge in [0, 0.05) is 22.2 Å². The van der Waals surface area contributed by atoms with Gasteiger partial charge >= 0.3 is 0 Å². The minimum Gasteiger partial charge on any atom is -0.359 e. The van der Waals surface area contributed by atoms with Gasteiger partial charge < -0.3 is 5.32 Å². The maximum atomic E-state index is 5.30. The molecule has 1 unspecified atom stereocenters. The zero-order valence-electron chi connectivity index (χ0n) is 22.2. The van der Waals surface area contributed by atoms with Gasteiger partial charge in [0.15, 0.2) is 0 Å². The molecule has 0 radical (unpaired) electrons. The molecule has 0 fully saturated rings. The first-order chi connectivity index (χ1) is 20.3. The minimum atomic E-state index is -0.262. The quantitative estimate of drug-likeness (QED) is 0.225. The van der Waals surface area contributed by atoms with Crippen LogP contribution in [0.25, 0.3) is 48.0 Å². The number of aromatic nitrogens is 1. The molecule has 8 rings (SSSR count). The number of hydrogen-bond acceptors (Lipinski definition) is 4. The SMILES string of the molecule is C1=C(c2ccccc2)NC(c2cc3ccccc3c3c2ccc2sc(-c4ccccc4)nc23)N=C1c1ccccc1. The second-order valence-electron chi connectivity index (χ2n) is 10.3. The van der Waals surface area contributed by atoms with Crippen molar-refractivity contribution in [2.24, 2.45) is 4.99 Å². The summed E-state index contributed by atoms with van der Waals surface area (Å²) in [5.41, 5.74) is 7.61. The van der Waals surface area contributed by atoms with Gasteiger partial charge in [-0.3, -0.25) is 4.99 Å². The Morgan fingerprint density at radius 1 is 0.610 bits per heavy atom. The number of allylic oxidation sites excluding steroid dienone is 1. The van der Waals surface area contributed by atoms with Crippen LogP contribution in [0, 0.1) is 0 Å². The third kappa shape index (κ3) is 4.21. The van der Waals surface area contributed by atoms with Crippen LogP contribution in [0.2, 0.25) is 0 Å². The molecule has 2 heterocycles. The van der Waals surface area contributed by atoms with Crippen LogP contribution in [-0.4, -0.2) is 10.7 Å². The summed E-state index contributed by atoms with van der Waals surface area (Å²) < 4.78 is 1.19. The summed E-state index contributed by atoms with van der Waals surface area (Å²) in [6, 6.07) is 46.8. The predicted molar refractivity (Wildman–Crippen MR) is 173 cm³/mol. The molecule has 1 aliphatic heterocycles. The molecule has 1 N–H and O–H groups in total. The molecule has 4 heteroatoms. The second-order valence-corrected chi connectivity index (χ2v) is 11.3. The van der Waals surface area contributed by atoms with Crippen LogP contribution >= 0.6 is 11.3 Å². The van der Waals surface area contributed by atoms with Crippen molar-refractivity contribution in [3.8, 4) is 10.6 Å². The van der Waals surface area contributed by atoms with Crippen LogP contribution in [0.5, 0.6) is 0 Å². The van der Waals surface area contributed by atoms with Crippen LogP contribution in [0.1, 0.15) is 22.9 Å². The van der Waals surface area contributed by atoms with Crippen molar-refractivity contribution in [3.63, 3.8) is 0 Å². The number of rotatable bonds is 4. The summed E-state index contributed by atoms with van der Waals surface area (Å²) in [4.78, 5) is 10.5. The van der Waals surface area contributed by atoms with Gasteiger partial charge in [-0.05, 0) is 45.5 Å². The molecule has 194 valence electrons. The molecule has 0 amide bonds. The molecule has 1 atom stereocenters. The fourth-order valence-corrected chi connectivity index (χ4v) is 6.75. The Kier molecular flexibility index (Phi) is 5.71. The fraction of sp³-hybridized carbons (Fsp3) is 0.0270. The summed E-state index contributed by atoms with van der Waals surface area (Å²) >= 11 is 1.75. The van der Waals surface area contributed by atoms with Gasteiger partial charge in [-0.1, -0.05) is 121 Å². The van der Waals surface area contributed by atoms with Crippen molar-refractivity contribution >= 4 is 54.5 Å². The highest BCUT2D eigenvalue weighted by Gasteiger charge is 2.23. The molecule has 0 spiro atoms. The van der Waals surface area contributed by atoms with E-state index in [4.69, 9.17) is 9.98 Å². The Bertz CT molecular complexity index is 2110. The van der Waals surface area contributed by atoms with E-state index in [1.165, 1.54) is 26.2 Å². The van der Waals surface area contributed by atoms with Gasteiger partial charge in [-0.2, -0.15) is 0 Å². The molecule has 41 heavy (non-hydrogen) atoms. The molecule has 7 aromatic rings. The van der Waals surface area contributed by atoms with E-state index < -0.39 is 0 Å². The van der Waals surface area contributed by atoms with Crippen molar-refractivity contribution in [1.29, 1.82) is 0 Å². The third-order valence-electron chi connectivity index (χ3n) is 7.72. The number of benzene rings is 6. The van der Waals surface area contributed by atoms with Crippen molar-refractivity contribution < 1.29 is 0 Å². The van der Waals surface area contributed by atoms with Crippen molar-refractivity contribution in [1.82, 2.24) is 10.3 Å². The smallest absolute Gasteiger partial charge is 0.146 e. The minimum absolute atomic E-state index is 0.262. The highest BCUT2D eigenvalue weighted by Crippen LogP contribution is 2.41. The molecule has 0 aliphatic carbocycles. The van der Waals surface area contributed by atoms with Crippen LogP contribution in [0.3, 0.4) is 0 Å². The number of hydrogen-bond donors (Lipinski definition) is 1. The predicted octanol–water partition coefficient (Wildman–Crippen LogP) is 9.40. The van der Waals surface area contributed by atoms with E-state index in [9.17, 15) is 0 Å². The number of nitrogens with zero attached hydrogens (tertiary/aromatic N) is 2. The molecule has 3 nitrogen and oxygen atoms in total. The largest absolute Gasteiger partial charge is 0.359 e. The van der Waals surface area contributed by atoms with Gasteiger partial charge in [-0.25, -0.2) is 4.98 Å². The zero-order chi connectivity index (χ0) is 27.2. The van der Waals surface area contributed by atoms with Crippen LogP contribution < -0.4 is 5.32 Å². The van der Waals surface area contributed by atoms with Gasteiger partial charge in [-0.15, -0.1) is 11.3 Å². The molecular formula is C37H25N3S. The van der Waals surface area contributed by atoms with Crippen LogP contribution in [0.4, 0.5) is 0 Å². The first kappa shape index (κ1) is 23.8. The number of aliphatic imine (C=N–C) groups is 1. The Hall–Kier alpha value is -5.06. The zero-order valence-corrected chi connectivity index (χ0v) is 23.0. The lowest BCUT2D eigenvalue weighted by Gasteiger charge is -2.26. The molecule has 1 aromatic heterocycles. The summed E-state index contributed by atoms with van der Waals surface area (Å²) in [5.74, 6) is 0. The van der Waals surface area contributed by atoms with E-state index in [2.05, 4.69) is 133 Å². The lowest BCUT2D eigenvalue weighted by molar-refractivity contribution is 0.670. The molecule has 0 saturated carbocycles. The number of nitrogens with one attached hydrogen (secondary N) is 1.